The minimum absolute atomic E-state index is 0.0602. The SMILES string of the molecule is COc1ccccc1CC(=O)NC1CNCCC1C. The highest BCUT2D eigenvalue weighted by molar-refractivity contribution is 5.79. The van der Waals surface area contributed by atoms with Gasteiger partial charge in [-0.05, 0) is 24.9 Å². The standard InChI is InChI=1S/C15H22N2O2/c1-11-7-8-16-10-13(11)17-15(18)9-12-5-3-4-6-14(12)19-2/h3-6,11,13,16H,7-10H2,1-2H3,(H,17,18). The highest BCUT2D eigenvalue weighted by Crippen LogP contribution is 2.18. The van der Waals surface area contributed by atoms with Gasteiger partial charge in [0.25, 0.3) is 0 Å². The average molecular weight is 262 g/mol. The summed E-state index contributed by atoms with van der Waals surface area (Å²) in [6.07, 6.45) is 1.48. The van der Waals surface area contributed by atoms with Crippen LogP contribution in [0.15, 0.2) is 24.3 Å². The van der Waals surface area contributed by atoms with E-state index in [1.54, 1.807) is 7.11 Å². The lowest BCUT2D eigenvalue weighted by Crippen LogP contribution is -2.50. The molecule has 0 aromatic heterocycles. The van der Waals surface area contributed by atoms with Crippen molar-refractivity contribution in [3.05, 3.63) is 29.8 Å². The number of hydrogen-bond acceptors (Lipinski definition) is 3. The lowest BCUT2D eigenvalue weighted by Gasteiger charge is -2.30. The smallest absolute Gasteiger partial charge is 0.224 e. The summed E-state index contributed by atoms with van der Waals surface area (Å²) in [6, 6.07) is 7.88. The topological polar surface area (TPSA) is 50.4 Å². The van der Waals surface area contributed by atoms with Gasteiger partial charge in [-0.1, -0.05) is 25.1 Å². The fourth-order valence-corrected chi connectivity index (χ4v) is 2.46. The van der Waals surface area contributed by atoms with E-state index in [4.69, 9.17) is 4.74 Å². The van der Waals surface area contributed by atoms with Crippen LogP contribution in [0.2, 0.25) is 0 Å². The molecule has 0 bridgehead atoms. The summed E-state index contributed by atoms with van der Waals surface area (Å²) in [6.45, 7) is 4.09. The molecule has 0 aliphatic carbocycles. The highest BCUT2D eigenvalue weighted by atomic mass is 16.5. The van der Waals surface area contributed by atoms with Crippen molar-refractivity contribution in [1.29, 1.82) is 0 Å². The van der Waals surface area contributed by atoms with Crippen molar-refractivity contribution >= 4 is 5.91 Å². The second kappa shape index (κ2) is 6.57. The first-order chi connectivity index (χ1) is 9.20. The van der Waals surface area contributed by atoms with Crippen molar-refractivity contribution in [3.8, 4) is 5.75 Å². The van der Waals surface area contributed by atoms with Crippen LogP contribution in [-0.2, 0) is 11.2 Å². The lowest BCUT2D eigenvalue weighted by molar-refractivity contribution is -0.121. The monoisotopic (exact) mass is 262 g/mol. The van der Waals surface area contributed by atoms with Crippen LogP contribution >= 0.6 is 0 Å². The fraction of sp³-hybridized carbons (Fsp3) is 0.533. The van der Waals surface area contributed by atoms with Crippen LogP contribution in [0.5, 0.6) is 5.75 Å². The Hall–Kier alpha value is -1.55. The predicted octanol–water partition coefficient (Wildman–Crippen LogP) is 1.35. The molecule has 0 saturated carbocycles. The molecule has 2 rings (SSSR count). The van der Waals surface area contributed by atoms with Crippen LogP contribution in [0.1, 0.15) is 18.9 Å². The number of para-hydroxylation sites is 1. The third-order valence-electron chi connectivity index (χ3n) is 3.72. The quantitative estimate of drug-likeness (QED) is 0.861. The zero-order valence-electron chi connectivity index (χ0n) is 11.6. The van der Waals surface area contributed by atoms with E-state index in [2.05, 4.69) is 17.6 Å². The molecular weight excluding hydrogens is 240 g/mol. The number of amides is 1. The van der Waals surface area contributed by atoms with Gasteiger partial charge in [-0.15, -0.1) is 0 Å². The molecule has 0 spiro atoms. The van der Waals surface area contributed by atoms with Gasteiger partial charge in [0, 0.05) is 18.2 Å². The van der Waals surface area contributed by atoms with E-state index < -0.39 is 0 Å². The number of hydrogen-bond donors (Lipinski definition) is 2. The molecule has 1 aromatic carbocycles. The fourth-order valence-electron chi connectivity index (χ4n) is 2.46. The van der Waals surface area contributed by atoms with E-state index in [1.807, 2.05) is 24.3 Å². The first kappa shape index (κ1) is 13.9. The Morgan fingerprint density at radius 3 is 3.00 bits per heavy atom. The van der Waals surface area contributed by atoms with Gasteiger partial charge < -0.3 is 15.4 Å². The van der Waals surface area contributed by atoms with Crippen LogP contribution in [0.3, 0.4) is 0 Å². The minimum Gasteiger partial charge on any atom is -0.496 e. The average Bonchev–Trinajstić information content (AvgIpc) is 2.42. The van der Waals surface area contributed by atoms with Gasteiger partial charge in [-0.2, -0.15) is 0 Å². The normalized spacial score (nSPS) is 22.8. The Morgan fingerprint density at radius 2 is 2.26 bits per heavy atom. The number of carbonyl (C=O) groups excluding carboxylic acids is 1. The van der Waals surface area contributed by atoms with E-state index in [9.17, 15) is 4.79 Å². The molecule has 1 aromatic rings. The number of rotatable bonds is 4. The zero-order valence-corrected chi connectivity index (χ0v) is 11.6. The summed E-state index contributed by atoms with van der Waals surface area (Å²) >= 11 is 0. The lowest BCUT2D eigenvalue weighted by atomic mass is 9.94. The van der Waals surface area contributed by atoms with Crippen LogP contribution < -0.4 is 15.4 Å². The van der Waals surface area contributed by atoms with Crippen LogP contribution in [0, 0.1) is 5.92 Å². The van der Waals surface area contributed by atoms with Gasteiger partial charge in [-0.3, -0.25) is 4.79 Å². The van der Waals surface area contributed by atoms with Crippen LogP contribution in [0.4, 0.5) is 0 Å². The summed E-state index contributed by atoms with van der Waals surface area (Å²) in [5, 5.41) is 6.43. The molecule has 1 saturated heterocycles. The second-order valence-electron chi connectivity index (χ2n) is 5.13. The first-order valence-corrected chi connectivity index (χ1v) is 6.82. The number of benzene rings is 1. The first-order valence-electron chi connectivity index (χ1n) is 6.82. The highest BCUT2D eigenvalue weighted by Gasteiger charge is 2.22. The van der Waals surface area contributed by atoms with Gasteiger partial charge in [-0.25, -0.2) is 0 Å². The molecule has 2 N–H and O–H groups in total. The Labute approximate surface area is 114 Å². The molecule has 1 heterocycles. The summed E-state index contributed by atoms with van der Waals surface area (Å²) in [4.78, 5) is 12.1. The molecule has 104 valence electrons. The largest absolute Gasteiger partial charge is 0.496 e. The Bertz CT molecular complexity index is 434. The maximum absolute atomic E-state index is 12.1. The maximum atomic E-state index is 12.1. The molecule has 4 heteroatoms. The van der Waals surface area contributed by atoms with Gasteiger partial charge in [0.2, 0.25) is 5.91 Å². The van der Waals surface area contributed by atoms with Gasteiger partial charge >= 0.3 is 0 Å². The third kappa shape index (κ3) is 3.70. The number of nitrogens with one attached hydrogen (secondary N) is 2. The van der Waals surface area contributed by atoms with E-state index in [1.165, 1.54) is 0 Å². The number of carbonyl (C=O) groups is 1. The van der Waals surface area contributed by atoms with E-state index in [0.29, 0.717) is 12.3 Å². The molecule has 0 radical (unpaired) electrons. The Morgan fingerprint density at radius 1 is 1.47 bits per heavy atom. The van der Waals surface area contributed by atoms with Crippen molar-refractivity contribution in [2.75, 3.05) is 20.2 Å². The molecule has 2 atom stereocenters. The number of piperidine rings is 1. The minimum atomic E-state index is 0.0602. The van der Waals surface area contributed by atoms with E-state index in [-0.39, 0.29) is 11.9 Å². The maximum Gasteiger partial charge on any atom is 0.224 e. The van der Waals surface area contributed by atoms with Crippen LogP contribution in [-0.4, -0.2) is 32.1 Å². The predicted molar refractivity (Wildman–Crippen MR) is 75.3 cm³/mol. The molecule has 1 fully saturated rings. The van der Waals surface area contributed by atoms with Gasteiger partial charge in [0.05, 0.1) is 13.5 Å². The number of methoxy groups -OCH3 is 1. The van der Waals surface area contributed by atoms with Gasteiger partial charge in [0.1, 0.15) is 5.75 Å². The molecular formula is C15H22N2O2. The van der Waals surface area contributed by atoms with Crippen molar-refractivity contribution in [3.63, 3.8) is 0 Å². The Balaban J connectivity index is 1.93. The molecule has 1 amide bonds. The summed E-state index contributed by atoms with van der Waals surface area (Å²) in [7, 11) is 1.63. The Kier molecular flexibility index (Phi) is 4.80. The third-order valence-corrected chi connectivity index (χ3v) is 3.72. The summed E-state index contributed by atoms with van der Waals surface area (Å²) < 4.78 is 5.26. The molecule has 2 unspecified atom stereocenters. The van der Waals surface area contributed by atoms with Crippen molar-refractivity contribution < 1.29 is 9.53 Å². The van der Waals surface area contributed by atoms with Crippen molar-refractivity contribution in [1.82, 2.24) is 10.6 Å². The van der Waals surface area contributed by atoms with E-state index >= 15 is 0 Å². The van der Waals surface area contributed by atoms with Crippen LogP contribution in [0.25, 0.3) is 0 Å². The zero-order chi connectivity index (χ0) is 13.7. The second-order valence-corrected chi connectivity index (χ2v) is 5.13. The molecule has 19 heavy (non-hydrogen) atoms. The summed E-state index contributed by atoms with van der Waals surface area (Å²) in [5.41, 5.74) is 0.930. The van der Waals surface area contributed by atoms with E-state index in [0.717, 1.165) is 30.8 Å². The van der Waals surface area contributed by atoms with Gasteiger partial charge in [0.15, 0.2) is 0 Å². The van der Waals surface area contributed by atoms with Crippen molar-refractivity contribution in [2.24, 2.45) is 5.92 Å². The number of ether oxygens (including phenoxy) is 1. The molecule has 1 aliphatic heterocycles. The van der Waals surface area contributed by atoms with Crippen molar-refractivity contribution in [2.45, 2.75) is 25.8 Å². The molecule has 1 aliphatic rings. The molecule has 4 nitrogen and oxygen atoms in total. The summed E-state index contributed by atoms with van der Waals surface area (Å²) in [5.74, 6) is 1.36.